The molecule has 2 heterocycles. The zero-order chi connectivity index (χ0) is 19.0. The van der Waals surface area contributed by atoms with E-state index in [1.54, 1.807) is 24.3 Å². The van der Waals surface area contributed by atoms with E-state index in [9.17, 15) is 18.0 Å². The van der Waals surface area contributed by atoms with Crippen molar-refractivity contribution in [3.63, 3.8) is 0 Å². The molecule has 1 aliphatic heterocycles. The number of ether oxygens (including phenoxy) is 1. The molecule has 0 unspecified atom stereocenters. The van der Waals surface area contributed by atoms with Crippen molar-refractivity contribution in [3.05, 3.63) is 65.5 Å². The van der Waals surface area contributed by atoms with Gasteiger partial charge in [-0.15, -0.1) is 0 Å². The summed E-state index contributed by atoms with van der Waals surface area (Å²) in [5.74, 6) is 0.334. The minimum atomic E-state index is -4.42. The summed E-state index contributed by atoms with van der Waals surface area (Å²) in [7, 11) is 0. The molecule has 1 amide bonds. The Labute approximate surface area is 152 Å². The van der Waals surface area contributed by atoms with E-state index in [1.165, 1.54) is 6.07 Å². The first-order valence-corrected chi connectivity index (χ1v) is 8.42. The van der Waals surface area contributed by atoms with Crippen LogP contribution in [0.1, 0.15) is 27.8 Å². The second kappa shape index (κ2) is 6.70. The van der Waals surface area contributed by atoms with Gasteiger partial charge in [0, 0.05) is 12.1 Å². The van der Waals surface area contributed by atoms with Gasteiger partial charge < -0.3 is 14.6 Å². The van der Waals surface area contributed by atoms with Crippen molar-refractivity contribution < 1.29 is 22.7 Å². The van der Waals surface area contributed by atoms with Gasteiger partial charge in [0.25, 0.3) is 5.91 Å². The fourth-order valence-corrected chi connectivity index (χ4v) is 3.25. The Kier molecular flexibility index (Phi) is 4.35. The predicted octanol–water partition coefficient (Wildman–Crippen LogP) is 3.56. The summed E-state index contributed by atoms with van der Waals surface area (Å²) in [6.45, 7) is 0.848. The van der Waals surface area contributed by atoms with Crippen LogP contribution >= 0.6 is 0 Å². The molecule has 0 fully saturated rings. The van der Waals surface area contributed by atoms with Gasteiger partial charge in [0.2, 0.25) is 0 Å². The van der Waals surface area contributed by atoms with Gasteiger partial charge in [0.1, 0.15) is 12.4 Å². The molecule has 3 aromatic rings. The normalized spacial score (nSPS) is 16.9. The van der Waals surface area contributed by atoms with E-state index in [0.29, 0.717) is 23.5 Å². The predicted molar refractivity (Wildman–Crippen MR) is 92.2 cm³/mol. The number of alkyl halides is 3. The van der Waals surface area contributed by atoms with Crippen molar-refractivity contribution >= 4 is 16.9 Å². The van der Waals surface area contributed by atoms with E-state index in [1.807, 2.05) is 10.6 Å². The molecular formula is C19H16F3N3O2. The largest absolute Gasteiger partial charge is 0.416 e. The number of aromatic nitrogens is 2. The van der Waals surface area contributed by atoms with Crippen LogP contribution in [0.25, 0.3) is 11.0 Å². The standard InChI is InChI=1S/C19H16F3N3O2/c20-19(21,22)13-6-7-16-15(8-13)24-17-11-27-10-14(25(16)17)9-23-18(26)12-4-2-1-3-5-12/h1-8,14H,9-11H2,(H,23,26)/t14-/m0/s1. The van der Waals surface area contributed by atoms with E-state index in [-0.39, 0.29) is 30.6 Å². The number of imidazole rings is 1. The minimum absolute atomic E-state index is 0.216. The average molecular weight is 375 g/mol. The fraction of sp³-hybridized carbons (Fsp3) is 0.263. The number of rotatable bonds is 3. The third-order valence-corrected chi connectivity index (χ3v) is 4.53. The maximum absolute atomic E-state index is 12.9. The molecule has 0 radical (unpaired) electrons. The van der Waals surface area contributed by atoms with Crippen LogP contribution in [0.4, 0.5) is 13.2 Å². The molecule has 2 aromatic carbocycles. The van der Waals surface area contributed by atoms with Gasteiger partial charge in [-0.1, -0.05) is 18.2 Å². The van der Waals surface area contributed by atoms with Crippen molar-refractivity contribution in [2.75, 3.05) is 13.2 Å². The monoisotopic (exact) mass is 375 g/mol. The second-order valence-electron chi connectivity index (χ2n) is 6.34. The van der Waals surface area contributed by atoms with Gasteiger partial charge in [0.05, 0.1) is 29.2 Å². The lowest BCUT2D eigenvalue weighted by Gasteiger charge is -2.26. The van der Waals surface area contributed by atoms with Crippen LogP contribution < -0.4 is 5.32 Å². The van der Waals surface area contributed by atoms with E-state index in [2.05, 4.69) is 10.3 Å². The SMILES string of the molecule is O=C(NC[C@H]1COCc2nc3cc(C(F)(F)F)ccc3n21)c1ccccc1. The Morgan fingerprint density at radius 3 is 2.74 bits per heavy atom. The minimum Gasteiger partial charge on any atom is -0.371 e. The number of benzene rings is 2. The Balaban J connectivity index is 1.60. The lowest BCUT2D eigenvalue weighted by atomic mass is 10.1. The van der Waals surface area contributed by atoms with E-state index in [4.69, 9.17) is 4.74 Å². The summed E-state index contributed by atoms with van der Waals surface area (Å²) < 4.78 is 46.2. The van der Waals surface area contributed by atoms with Gasteiger partial charge in [-0.2, -0.15) is 13.2 Å². The molecular weight excluding hydrogens is 359 g/mol. The smallest absolute Gasteiger partial charge is 0.371 e. The highest BCUT2D eigenvalue weighted by Crippen LogP contribution is 2.33. The molecule has 4 rings (SSSR count). The molecule has 1 aromatic heterocycles. The van der Waals surface area contributed by atoms with Gasteiger partial charge in [-0.05, 0) is 30.3 Å². The van der Waals surface area contributed by atoms with Crippen LogP contribution in [0, 0.1) is 0 Å². The highest BCUT2D eigenvalue weighted by molar-refractivity contribution is 5.94. The molecule has 0 saturated carbocycles. The van der Waals surface area contributed by atoms with Crippen molar-refractivity contribution in [1.29, 1.82) is 0 Å². The number of hydrogen-bond acceptors (Lipinski definition) is 3. The Bertz CT molecular complexity index is 983. The highest BCUT2D eigenvalue weighted by atomic mass is 19.4. The molecule has 1 N–H and O–H groups in total. The van der Waals surface area contributed by atoms with Crippen LogP contribution in [0.3, 0.4) is 0 Å². The summed E-state index contributed by atoms with van der Waals surface area (Å²) >= 11 is 0. The number of carbonyl (C=O) groups excluding carboxylic acids is 1. The third-order valence-electron chi connectivity index (χ3n) is 4.53. The molecule has 0 bridgehead atoms. The molecule has 0 aliphatic carbocycles. The van der Waals surface area contributed by atoms with Gasteiger partial charge in [0.15, 0.2) is 0 Å². The molecule has 1 aliphatic rings. The summed E-state index contributed by atoms with van der Waals surface area (Å²) in [5, 5.41) is 2.85. The topological polar surface area (TPSA) is 56.1 Å². The number of amides is 1. The maximum Gasteiger partial charge on any atom is 0.416 e. The van der Waals surface area contributed by atoms with Gasteiger partial charge >= 0.3 is 6.18 Å². The zero-order valence-corrected chi connectivity index (χ0v) is 14.2. The van der Waals surface area contributed by atoms with Crippen molar-refractivity contribution in [1.82, 2.24) is 14.9 Å². The number of nitrogens with zero attached hydrogens (tertiary/aromatic N) is 2. The second-order valence-corrected chi connectivity index (χ2v) is 6.34. The average Bonchev–Trinajstić information content (AvgIpc) is 3.04. The van der Waals surface area contributed by atoms with Crippen LogP contribution in [-0.4, -0.2) is 28.6 Å². The number of fused-ring (bicyclic) bond motifs is 3. The molecule has 1 atom stereocenters. The van der Waals surface area contributed by atoms with Crippen molar-refractivity contribution in [3.8, 4) is 0 Å². The molecule has 27 heavy (non-hydrogen) atoms. The fourth-order valence-electron chi connectivity index (χ4n) is 3.25. The van der Waals surface area contributed by atoms with Crippen molar-refractivity contribution in [2.24, 2.45) is 0 Å². The summed E-state index contributed by atoms with van der Waals surface area (Å²) in [5.41, 5.74) is 0.671. The number of hydrogen-bond donors (Lipinski definition) is 1. The first-order chi connectivity index (χ1) is 12.9. The maximum atomic E-state index is 12.9. The van der Waals surface area contributed by atoms with E-state index < -0.39 is 11.7 Å². The van der Waals surface area contributed by atoms with Gasteiger partial charge in [-0.25, -0.2) is 4.98 Å². The van der Waals surface area contributed by atoms with E-state index in [0.717, 1.165) is 12.1 Å². The quantitative estimate of drug-likeness (QED) is 0.762. The molecule has 140 valence electrons. The van der Waals surface area contributed by atoms with Crippen molar-refractivity contribution in [2.45, 2.75) is 18.8 Å². The first-order valence-electron chi connectivity index (χ1n) is 8.42. The number of halogens is 3. The highest BCUT2D eigenvalue weighted by Gasteiger charge is 2.32. The Morgan fingerprint density at radius 2 is 2.00 bits per heavy atom. The van der Waals surface area contributed by atoms with Crippen LogP contribution in [0.5, 0.6) is 0 Å². The first kappa shape index (κ1) is 17.5. The Morgan fingerprint density at radius 1 is 1.22 bits per heavy atom. The lowest BCUT2D eigenvalue weighted by molar-refractivity contribution is -0.137. The molecule has 0 spiro atoms. The zero-order valence-electron chi connectivity index (χ0n) is 14.2. The summed E-state index contributed by atoms with van der Waals surface area (Å²) in [6, 6.07) is 12.1. The summed E-state index contributed by atoms with van der Waals surface area (Å²) in [4.78, 5) is 16.5. The molecule has 5 nitrogen and oxygen atoms in total. The van der Waals surface area contributed by atoms with Crippen LogP contribution in [0.15, 0.2) is 48.5 Å². The van der Waals surface area contributed by atoms with Crippen LogP contribution in [-0.2, 0) is 17.5 Å². The number of carbonyl (C=O) groups is 1. The molecule has 0 saturated heterocycles. The van der Waals surface area contributed by atoms with E-state index >= 15 is 0 Å². The molecule has 8 heteroatoms. The van der Waals surface area contributed by atoms with Crippen LogP contribution in [0.2, 0.25) is 0 Å². The Hall–Kier alpha value is -2.87. The lowest BCUT2D eigenvalue weighted by Crippen LogP contribution is -2.35. The number of nitrogens with one attached hydrogen (secondary N) is 1. The van der Waals surface area contributed by atoms with Gasteiger partial charge in [-0.3, -0.25) is 4.79 Å². The summed E-state index contributed by atoms with van der Waals surface area (Å²) in [6.07, 6.45) is -4.42. The third kappa shape index (κ3) is 3.40.